The fourth-order valence-electron chi connectivity index (χ4n) is 1.94. The molecule has 0 aliphatic heterocycles. The van der Waals surface area contributed by atoms with E-state index in [4.69, 9.17) is 0 Å². The predicted molar refractivity (Wildman–Crippen MR) is 75.9 cm³/mol. The number of thiol groups is 2. The van der Waals surface area contributed by atoms with Crippen LogP contribution in [0.1, 0.15) is 0 Å². The molecule has 10 heteroatoms. The second-order valence-corrected chi connectivity index (χ2v) is 4.76. The van der Waals surface area contributed by atoms with Gasteiger partial charge in [0.1, 0.15) is 46.4 Å². The summed E-state index contributed by atoms with van der Waals surface area (Å²) in [7, 11) is 0. The van der Waals surface area contributed by atoms with Gasteiger partial charge in [-0.3, -0.25) is 0 Å². The van der Waals surface area contributed by atoms with E-state index in [2.05, 4.69) is 55.2 Å². The van der Waals surface area contributed by atoms with Crippen molar-refractivity contribution in [2.24, 2.45) is 0 Å². The molecule has 0 radical (unpaired) electrons. The Hall–Kier alpha value is -2.20. The summed E-state index contributed by atoms with van der Waals surface area (Å²) in [5.41, 5.74) is 2.45. The molecule has 8 nitrogen and oxygen atoms in total. The summed E-state index contributed by atoms with van der Waals surface area (Å²) in [6, 6.07) is 0. The molecule has 0 aromatic carbocycles. The van der Waals surface area contributed by atoms with E-state index in [-0.39, 0.29) is 0 Å². The molecule has 20 heavy (non-hydrogen) atoms. The second-order valence-electron chi connectivity index (χ2n) is 3.92. The lowest BCUT2D eigenvalue weighted by Crippen LogP contribution is -2.08. The van der Waals surface area contributed by atoms with Crippen LogP contribution in [0.15, 0.2) is 35.4 Å². The molecule has 0 atom stereocenters. The predicted octanol–water partition coefficient (Wildman–Crippen LogP) is 0.855. The largest absolute Gasteiger partial charge is 0.230 e. The van der Waals surface area contributed by atoms with E-state index in [0.29, 0.717) is 32.4 Å². The highest BCUT2D eigenvalue weighted by atomic mass is 32.1. The third kappa shape index (κ3) is 1.51. The van der Waals surface area contributed by atoms with Gasteiger partial charge in [-0.1, -0.05) is 0 Å². The molecular weight excluding hydrogens is 296 g/mol. The van der Waals surface area contributed by atoms with Crippen molar-refractivity contribution in [2.75, 3.05) is 0 Å². The van der Waals surface area contributed by atoms with E-state index in [1.807, 2.05) is 0 Å². The van der Waals surface area contributed by atoms with Gasteiger partial charge in [-0.25, -0.2) is 39.3 Å². The smallest absolute Gasteiger partial charge is 0.183 e. The molecule has 4 aromatic rings. The van der Waals surface area contributed by atoms with Gasteiger partial charge in [-0.15, -0.1) is 25.3 Å². The SMILES string of the molecule is Sc1ncnc2c1ncn2-n1cnc2c(S)ncnc21. The van der Waals surface area contributed by atoms with E-state index < -0.39 is 0 Å². The van der Waals surface area contributed by atoms with Crippen LogP contribution in [0.4, 0.5) is 0 Å². The Morgan fingerprint density at radius 2 is 1.10 bits per heavy atom. The fraction of sp³-hybridized carbons (Fsp3) is 0. The summed E-state index contributed by atoms with van der Waals surface area (Å²) < 4.78 is 3.43. The third-order valence-corrected chi connectivity index (χ3v) is 3.48. The van der Waals surface area contributed by atoms with Gasteiger partial charge in [0.05, 0.1) is 0 Å². The van der Waals surface area contributed by atoms with Crippen LogP contribution in [0.25, 0.3) is 22.3 Å². The molecule has 4 rings (SSSR count). The first kappa shape index (κ1) is 11.6. The Balaban J connectivity index is 2.07. The quantitative estimate of drug-likeness (QED) is 0.400. The standard InChI is InChI=1S/C10H6N8S2/c19-9-5-7(11-1-13-9)17(3-15-5)18-4-16-6-8(18)12-2-14-10(6)20/h1-4H,(H,11,13,19)(H,12,14,20). The van der Waals surface area contributed by atoms with Gasteiger partial charge >= 0.3 is 0 Å². The summed E-state index contributed by atoms with van der Waals surface area (Å²) in [4.78, 5) is 24.9. The van der Waals surface area contributed by atoms with Crippen LogP contribution in [-0.4, -0.2) is 39.3 Å². The molecule has 4 aromatic heterocycles. The van der Waals surface area contributed by atoms with Gasteiger partial charge in [-0.2, -0.15) is 0 Å². The number of imidazole rings is 2. The van der Waals surface area contributed by atoms with Crippen molar-refractivity contribution in [3.05, 3.63) is 25.3 Å². The molecule has 0 saturated heterocycles. The van der Waals surface area contributed by atoms with Gasteiger partial charge in [-0.05, 0) is 0 Å². The molecule has 98 valence electrons. The van der Waals surface area contributed by atoms with Crippen LogP contribution in [0, 0.1) is 0 Å². The topological polar surface area (TPSA) is 87.2 Å². The van der Waals surface area contributed by atoms with Crippen molar-refractivity contribution >= 4 is 47.6 Å². The van der Waals surface area contributed by atoms with Gasteiger partial charge < -0.3 is 0 Å². The monoisotopic (exact) mass is 302 g/mol. The zero-order chi connectivity index (χ0) is 13.7. The van der Waals surface area contributed by atoms with Gasteiger partial charge in [0, 0.05) is 0 Å². The minimum Gasteiger partial charge on any atom is -0.230 e. The van der Waals surface area contributed by atoms with E-state index in [0.717, 1.165) is 0 Å². The molecule has 0 N–H and O–H groups in total. The first-order valence-electron chi connectivity index (χ1n) is 5.50. The number of rotatable bonds is 1. The fourth-order valence-corrected chi connectivity index (χ4v) is 2.36. The van der Waals surface area contributed by atoms with Crippen LogP contribution >= 0.6 is 25.3 Å². The highest BCUT2D eigenvalue weighted by Crippen LogP contribution is 2.19. The maximum atomic E-state index is 4.26. The van der Waals surface area contributed by atoms with Crippen molar-refractivity contribution in [1.29, 1.82) is 0 Å². The molecule has 0 fully saturated rings. The summed E-state index contributed by atoms with van der Waals surface area (Å²) in [5.74, 6) is 0. The number of fused-ring (bicyclic) bond motifs is 2. The normalized spacial score (nSPS) is 11.5. The van der Waals surface area contributed by atoms with Crippen LogP contribution < -0.4 is 0 Å². The maximum Gasteiger partial charge on any atom is 0.183 e. The molecule has 0 aliphatic carbocycles. The third-order valence-electron chi connectivity index (χ3n) is 2.83. The lowest BCUT2D eigenvalue weighted by Gasteiger charge is -2.04. The van der Waals surface area contributed by atoms with E-state index in [9.17, 15) is 0 Å². The van der Waals surface area contributed by atoms with Gasteiger partial charge in [0.15, 0.2) is 11.3 Å². The molecule has 0 bridgehead atoms. The van der Waals surface area contributed by atoms with Crippen molar-refractivity contribution in [3.63, 3.8) is 0 Å². The zero-order valence-electron chi connectivity index (χ0n) is 9.78. The minimum absolute atomic E-state index is 0.516. The average Bonchev–Trinajstić information content (AvgIpc) is 3.03. The number of hydrogen-bond acceptors (Lipinski definition) is 8. The summed E-state index contributed by atoms with van der Waals surface area (Å²) >= 11 is 8.52. The van der Waals surface area contributed by atoms with Gasteiger partial charge in [0.2, 0.25) is 0 Å². The highest BCUT2D eigenvalue weighted by molar-refractivity contribution is 7.80. The number of aromatic nitrogens is 8. The summed E-state index contributed by atoms with van der Waals surface area (Å²) in [6.45, 7) is 0. The molecule has 4 heterocycles. The molecule has 0 spiro atoms. The van der Waals surface area contributed by atoms with Crippen molar-refractivity contribution in [1.82, 2.24) is 39.3 Å². The molecule has 0 saturated carbocycles. The Labute approximate surface area is 122 Å². The lowest BCUT2D eigenvalue weighted by atomic mass is 10.5. The Morgan fingerprint density at radius 1 is 0.650 bits per heavy atom. The number of nitrogens with zero attached hydrogens (tertiary/aromatic N) is 8. The van der Waals surface area contributed by atoms with Crippen LogP contribution in [0.5, 0.6) is 0 Å². The molecule has 0 unspecified atom stereocenters. The van der Waals surface area contributed by atoms with Crippen molar-refractivity contribution in [3.8, 4) is 0 Å². The average molecular weight is 302 g/mol. The maximum absolute atomic E-state index is 4.26. The van der Waals surface area contributed by atoms with Crippen LogP contribution in [0.2, 0.25) is 0 Å². The molecule has 0 aliphatic rings. The summed E-state index contributed by atoms with van der Waals surface area (Å²) in [5, 5.41) is 1.03. The first-order chi connectivity index (χ1) is 9.75. The van der Waals surface area contributed by atoms with E-state index >= 15 is 0 Å². The van der Waals surface area contributed by atoms with Crippen LogP contribution in [0.3, 0.4) is 0 Å². The Bertz CT molecular complexity index is 865. The Kier molecular flexibility index (Phi) is 2.41. The van der Waals surface area contributed by atoms with Crippen molar-refractivity contribution < 1.29 is 0 Å². The molecule has 0 amide bonds. The zero-order valence-corrected chi connectivity index (χ0v) is 11.6. The number of hydrogen-bond donors (Lipinski definition) is 2. The first-order valence-corrected chi connectivity index (χ1v) is 6.40. The van der Waals surface area contributed by atoms with E-state index in [1.165, 1.54) is 12.7 Å². The van der Waals surface area contributed by atoms with Crippen molar-refractivity contribution in [2.45, 2.75) is 10.1 Å². The van der Waals surface area contributed by atoms with Gasteiger partial charge in [0.25, 0.3) is 0 Å². The molecular formula is C10H6N8S2. The van der Waals surface area contributed by atoms with E-state index in [1.54, 1.807) is 22.0 Å². The lowest BCUT2D eigenvalue weighted by molar-refractivity contribution is 0.686. The second kappa shape index (κ2) is 4.15. The Morgan fingerprint density at radius 3 is 1.55 bits per heavy atom. The summed E-state index contributed by atoms with van der Waals surface area (Å²) in [6.07, 6.45) is 6.09. The van der Waals surface area contributed by atoms with Crippen LogP contribution in [-0.2, 0) is 0 Å². The minimum atomic E-state index is 0.516. The highest BCUT2D eigenvalue weighted by Gasteiger charge is 2.13.